The second kappa shape index (κ2) is 5.31. The Hall–Kier alpha value is -0.0800. The zero-order valence-corrected chi connectivity index (χ0v) is 9.82. The molecule has 0 amide bonds. The molecule has 2 aliphatic carbocycles. The SMILES string of the molecule is COC(CO)CCCC1CC2CCC1C2. The van der Waals surface area contributed by atoms with Gasteiger partial charge < -0.3 is 9.84 Å². The fourth-order valence-corrected chi connectivity index (χ4v) is 3.62. The van der Waals surface area contributed by atoms with Gasteiger partial charge in [-0.15, -0.1) is 0 Å². The maximum atomic E-state index is 9.00. The molecule has 2 rings (SSSR count). The van der Waals surface area contributed by atoms with Crippen molar-refractivity contribution in [1.82, 2.24) is 0 Å². The zero-order valence-electron chi connectivity index (χ0n) is 9.82. The molecule has 0 radical (unpaired) electrons. The van der Waals surface area contributed by atoms with Crippen molar-refractivity contribution in [3.05, 3.63) is 0 Å². The monoisotopic (exact) mass is 212 g/mol. The lowest BCUT2D eigenvalue weighted by atomic mass is 9.85. The van der Waals surface area contributed by atoms with Crippen molar-refractivity contribution in [2.45, 2.75) is 51.0 Å². The van der Waals surface area contributed by atoms with E-state index in [0.717, 1.165) is 24.2 Å². The second-order valence-corrected chi connectivity index (χ2v) is 5.41. The largest absolute Gasteiger partial charge is 0.394 e. The van der Waals surface area contributed by atoms with Crippen molar-refractivity contribution in [3.63, 3.8) is 0 Å². The van der Waals surface area contributed by atoms with Crippen molar-refractivity contribution in [3.8, 4) is 0 Å². The number of fused-ring (bicyclic) bond motifs is 2. The molecule has 2 saturated carbocycles. The zero-order chi connectivity index (χ0) is 10.7. The summed E-state index contributed by atoms with van der Waals surface area (Å²) in [7, 11) is 1.69. The Morgan fingerprint density at radius 2 is 2.20 bits per heavy atom. The van der Waals surface area contributed by atoms with Crippen LogP contribution >= 0.6 is 0 Å². The first-order chi connectivity index (χ1) is 7.33. The molecule has 2 fully saturated rings. The molecule has 4 unspecified atom stereocenters. The summed E-state index contributed by atoms with van der Waals surface area (Å²) in [4.78, 5) is 0. The van der Waals surface area contributed by atoms with Gasteiger partial charge in [-0.2, -0.15) is 0 Å². The molecular formula is C13H24O2. The van der Waals surface area contributed by atoms with Gasteiger partial charge in [-0.25, -0.2) is 0 Å². The standard InChI is InChI=1S/C13H24O2/c1-15-13(9-14)4-2-3-11-7-10-5-6-12(11)8-10/h10-14H,2-9H2,1H3. The van der Waals surface area contributed by atoms with Gasteiger partial charge in [0.05, 0.1) is 12.7 Å². The van der Waals surface area contributed by atoms with E-state index in [9.17, 15) is 0 Å². The van der Waals surface area contributed by atoms with Gasteiger partial charge >= 0.3 is 0 Å². The Morgan fingerprint density at radius 3 is 2.73 bits per heavy atom. The Morgan fingerprint density at radius 1 is 1.33 bits per heavy atom. The molecule has 0 saturated heterocycles. The molecule has 4 atom stereocenters. The summed E-state index contributed by atoms with van der Waals surface area (Å²) >= 11 is 0. The van der Waals surface area contributed by atoms with E-state index >= 15 is 0 Å². The third-order valence-electron chi connectivity index (χ3n) is 4.52. The highest BCUT2D eigenvalue weighted by molar-refractivity contribution is 4.89. The van der Waals surface area contributed by atoms with Crippen molar-refractivity contribution in [2.75, 3.05) is 13.7 Å². The molecule has 0 aromatic heterocycles. The quantitative estimate of drug-likeness (QED) is 0.733. The maximum Gasteiger partial charge on any atom is 0.0802 e. The Balaban J connectivity index is 1.62. The van der Waals surface area contributed by atoms with E-state index in [1.54, 1.807) is 7.11 Å². The lowest BCUT2D eigenvalue weighted by Crippen LogP contribution is -2.17. The van der Waals surface area contributed by atoms with Crippen molar-refractivity contribution >= 4 is 0 Å². The maximum absolute atomic E-state index is 9.00. The first kappa shape index (κ1) is 11.4. The van der Waals surface area contributed by atoms with Crippen LogP contribution in [0, 0.1) is 17.8 Å². The average Bonchev–Trinajstić information content (AvgIpc) is 2.86. The number of hydrogen-bond donors (Lipinski definition) is 1. The smallest absolute Gasteiger partial charge is 0.0802 e. The lowest BCUT2D eigenvalue weighted by molar-refractivity contribution is 0.0402. The predicted molar refractivity (Wildman–Crippen MR) is 60.7 cm³/mol. The third kappa shape index (κ3) is 2.73. The molecule has 0 aromatic carbocycles. The average molecular weight is 212 g/mol. The first-order valence-electron chi connectivity index (χ1n) is 6.47. The summed E-state index contributed by atoms with van der Waals surface area (Å²) in [6.45, 7) is 0.174. The third-order valence-corrected chi connectivity index (χ3v) is 4.52. The van der Waals surface area contributed by atoms with Crippen LogP contribution in [0.3, 0.4) is 0 Å². The summed E-state index contributed by atoms with van der Waals surface area (Å²) < 4.78 is 5.18. The second-order valence-electron chi connectivity index (χ2n) is 5.41. The number of hydrogen-bond acceptors (Lipinski definition) is 2. The number of rotatable bonds is 6. The Labute approximate surface area is 93.0 Å². The van der Waals surface area contributed by atoms with Crippen LogP contribution < -0.4 is 0 Å². The minimum absolute atomic E-state index is 0.0728. The molecule has 88 valence electrons. The molecule has 2 aliphatic rings. The van der Waals surface area contributed by atoms with Crippen LogP contribution in [0.15, 0.2) is 0 Å². The molecule has 0 spiro atoms. The highest BCUT2D eigenvalue weighted by Gasteiger charge is 2.38. The molecule has 2 heteroatoms. The van der Waals surface area contributed by atoms with Crippen molar-refractivity contribution < 1.29 is 9.84 Å². The molecule has 15 heavy (non-hydrogen) atoms. The first-order valence-corrected chi connectivity index (χ1v) is 6.47. The fourth-order valence-electron chi connectivity index (χ4n) is 3.62. The molecule has 0 aliphatic heterocycles. The van der Waals surface area contributed by atoms with E-state index in [4.69, 9.17) is 9.84 Å². The van der Waals surface area contributed by atoms with Gasteiger partial charge in [-0.3, -0.25) is 0 Å². The van der Waals surface area contributed by atoms with E-state index in [1.807, 2.05) is 0 Å². The van der Waals surface area contributed by atoms with Crippen molar-refractivity contribution in [2.24, 2.45) is 17.8 Å². The highest BCUT2D eigenvalue weighted by atomic mass is 16.5. The minimum atomic E-state index is 0.0728. The fraction of sp³-hybridized carbons (Fsp3) is 1.00. The highest BCUT2D eigenvalue weighted by Crippen LogP contribution is 2.49. The molecule has 2 nitrogen and oxygen atoms in total. The minimum Gasteiger partial charge on any atom is -0.394 e. The summed E-state index contributed by atoms with van der Waals surface area (Å²) in [5, 5.41) is 9.00. The number of aliphatic hydroxyl groups is 1. The summed E-state index contributed by atoms with van der Waals surface area (Å²) in [5.74, 6) is 3.11. The molecule has 2 bridgehead atoms. The summed E-state index contributed by atoms with van der Waals surface area (Å²) in [6, 6.07) is 0. The molecule has 1 N–H and O–H groups in total. The molecule has 0 aromatic rings. The molecule has 0 heterocycles. The summed E-state index contributed by atoms with van der Waals surface area (Å²) in [5.41, 5.74) is 0. The number of aliphatic hydroxyl groups excluding tert-OH is 1. The van der Waals surface area contributed by atoms with Gasteiger partial charge in [0.15, 0.2) is 0 Å². The van der Waals surface area contributed by atoms with Gasteiger partial charge in [0, 0.05) is 7.11 Å². The van der Waals surface area contributed by atoms with Gasteiger partial charge in [-0.1, -0.05) is 19.3 Å². The Kier molecular flexibility index (Phi) is 4.04. The van der Waals surface area contributed by atoms with Crippen LogP contribution in [0.5, 0.6) is 0 Å². The van der Waals surface area contributed by atoms with Crippen LogP contribution in [-0.4, -0.2) is 24.9 Å². The summed E-state index contributed by atoms with van der Waals surface area (Å²) in [6.07, 6.45) is 9.68. The van der Waals surface area contributed by atoms with Crippen LogP contribution in [-0.2, 0) is 4.74 Å². The van der Waals surface area contributed by atoms with E-state index in [-0.39, 0.29) is 12.7 Å². The van der Waals surface area contributed by atoms with Gasteiger partial charge in [0.2, 0.25) is 0 Å². The van der Waals surface area contributed by atoms with E-state index in [1.165, 1.54) is 38.5 Å². The van der Waals surface area contributed by atoms with E-state index in [0.29, 0.717) is 0 Å². The van der Waals surface area contributed by atoms with Crippen LogP contribution in [0.25, 0.3) is 0 Å². The van der Waals surface area contributed by atoms with E-state index in [2.05, 4.69) is 0 Å². The van der Waals surface area contributed by atoms with Crippen LogP contribution in [0.2, 0.25) is 0 Å². The topological polar surface area (TPSA) is 29.5 Å². The van der Waals surface area contributed by atoms with Crippen LogP contribution in [0.1, 0.15) is 44.9 Å². The van der Waals surface area contributed by atoms with Crippen LogP contribution in [0.4, 0.5) is 0 Å². The predicted octanol–water partition coefficient (Wildman–Crippen LogP) is 2.60. The van der Waals surface area contributed by atoms with Gasteiger partial charge in [-0.05, 0) is 43.4 Å². The Bertz CT molecular complexity index is 189. The normalized spacial score (nSPS) is 36.0. The molecular weight excluding hydrogens is 188 g/mol. The number of ether oxygens (including phenoxy) is 1. The van der Waals surface area contributed by atoms with E-state index < -0.39 is 0 Å². The number of methoxy groups -OCH3 is 1. The van der Waals surface area contributed by atoms with Gasteiger partial charge in [0.1, 0.15) is 0 Å². The van der Waals surface area contributed by atoms with Crippen molar-refractivity contribution in [1.29, 1.82) is 0 Å². The van der Waals surface area contributed by atoms with Gasteiger partial charge in [0.25, 0.3) is 0 Å². The lowest BCUT2D eigenvalue weighted by Gasteiger charge is -2.22.